The van der Waals surface area contributed by atoms with E-state index in [1.807, 2.05) is 24.3 Å². The van der Waals surface area contributed by atoms with Gasteiger partial charge in [0.2, 0.25) is 0 Å². The van der Waals surface area contributed by atoms with E-state index in [-0.39, 0.29) is 0 Å². The molecule has 0 spiro atoms. The molecule has 0 aliphatic rings. The van der Waals surface area contributed by atoms with Crippen molar-refractivity contribution < 1.29 is 0 Å². The summed E-state index contributed by atoms with van der Waals surface area (Å²) < 4.78 is 0.879. The maximum Gasteiger partial charge on any atom is 0.153 e. The molecular weight excluding hydrogens is 278 g/mol. The van der Waals surface area contributed by atoms with E-state index in [4.69, 9.17) is 5.73 Å². The Bertz CT molecular complexity index is 526. The van der Waals surface area contributed by atoms with Crippen LogP contribution < -0.4 is 11.1 Å². The van der Waals surface area contributed by atoms with Crippen LogP contribution in [0.3, 0.4) is 0 Å². The molecule has 0 fully saturated rings. The molecule has 0 bridgehead atoms. The lowest BCUT2D eigenvalue weighted by Crippen LogP contribution is -2.01. The number of para-hydroxylation sites is 1. The second kappa shape index (κ2) is 5.19. The molecule has 3 N–H and O–H groups in total. The van der Waals surface area contributed by atoms with E-state index in [0.717, 1.165) is 16.6 Å². The minimum absolute atomic E-state index is 0.630. The Morgan fingerprint density at radius 1 is 1.35 bits per heavy atom. The van der Waals surface area contributed by atoms with Gasteiger partial charge in [0.05, 0.1) is 5.69 Å². The highest BCUT2D eigenvalue weighted by atomic mass is 79.9. The van der Waals surface area contributed by atoms with Crippen LogP contribution in [-0.2, 0) is 6.42 Å². The summed E-state index contributed by atoms with van der Waals surface area (Å²) in [7, 11) is 0. The van der Waals surface area contributed by atoms with Gasteiger partial charge in [0.1, 0.15) is 0 Å². The van der Waals surface area contributed by atoms with E-state index in [1.165, 1.54) is 5.56 Å². The molecule has 1 heterocycles. The summed E-state index contributed by atoms with van der Waals surface area (Å²) in [6.07, 6.45) is 2.70. The molecule has 2 rings (SSSR count). The lowest BCUT2D eigenvalue weighted by Gasteiger charge is -2.11. The van der Waals surface area contributed by atoms with Gasteiger partial charge in [-0.2, -0.15) is 0 Å². The molecule has 4 heteroatoms. The molecule has 0 aliphatic carbocycles. The molecule has 0 aliphatic heterocycles. The molecule has 0 unspecified atom stereocenters. The number of benzene rings is 1. The predicted molar refractivity (Wildman–Crippen MR) is 75.5 cm³/mol. The number of halogens is 1. The fourth-order valence-corrected chi connectivity index (χ4v) is 1.99. The minimum atomic E-state index is 0.630. The third-order valence-electron chi connectivity index (χ3n) is 2.54. The first kappa shape index (κ1) is 11.9. The topological polar surface area (TPSA) is 50.9 Å². The third kappa shape index (κ3) is 2.77. The Labute approximate surface area is 109 Å². The maximum absolute atomic E-state index is 5.91. The number of rotatable bonds is 3. The van der Waals surface area contributed by atoms with Gasteiger partial charge in [-0.15, -0.1) is 0 Å². The summed E-state index contributed by atoms with van der Waals surface area (Å²) >= 11 is 3.34. The van der Waals surface area contributed by atoms with Crippen LogP contribution in [0.4, 0.5) is 17.2 Å². The Hall–Kier alpha value is -1.55. The fourth-order valence-electron chi connectivity index (χ4n) is 1.64. The monoisotopic (exact) mass is 291 g/mol. The average Bonchev–Trinajstić information content (AvgIpc) is 2.33. The molecule has 0 saturated carbocycles. The van der Waals surface area contributed by atoms with Crippen LogP contribution in [0.5, 0.6) is 0 Å². The number of aryl methyl sites for hydroxylation is 1. The van der Waals surface area contributed by atoms with E-state index in [2.05, 4.69) is 39.2 Å². The molecule has 17 heavy (non-hydrogen) atoms. The highest BCUT2D eigenvalue weighted by Gasteiger charge is 2.04. The van der Waals surface area contributed by atoms with Crippen LogP contribution in [0.25, 0.3) is 0 Å². The van der Waals surface area contributed by atoms with Crippen LogP contribution in [0.2, 0.25) is 0 Å². The molecule has 0 atom stereocenters. The van der Waals surface area contributed by atoms with Crippen molar-refractivity contribution in [2.75, 3.05) is 11.1 Å². The van der Waals surface area contributed by atoms with Gasteiger partial charge in [-0.05, 0) is 40.0 Å². The van der Waals surface area contributed by atoms with Gasteiger partial charge >= 0.3 is 0 Å². The van der Waals surface area contributed by atoms with E-state index in [0.29, 0.717) is 11.5 Å². The molecule has 88 valence electrons. The van der Waals surface area contributed by atoms with E-state index in [1.54, 1.807) is 6.20 Å². The number of nitrogens with zero attached hydrogens (tertiary/aromatic N) is 1. The van der Waals surface area contributed by atoms with Crippen molar-refractivity contribution in [3.8, 4) is 0 Å². The van der Waals surface area contributed by atoms with Gasteiger partial charge in [-0.3, -0.25) is 0 Å². The molecular formula is C13H14BrN3. The summed E-state index contributed by atoms with van der Waals surface area (Å²) in [5.41, 5.74) is 8.83. The number of nitrogens with two attached hydrogens (primary N) is 1. The van der Waals surface area contributed by atoms with Crippen LogP contribution >= 0.6 is 15.9 Å². The van der Waals surface area contributed by atoms with E-state index < -0.39 is 0 Å². The summed E-state index contributed by atoms with van der Waals surface area (Å²) in [6, 6.07) is 9.99. The third-order valence-corrected chi connectivity index (χ3v) is 2.97. The molecule has 0 radical (unpaired) electrons. The molecule has 0 saturated heterocycles. The number of pyridine rings is 1. The SMILES string of the molecule is CCc1ccccc1Nc1ncc(Br)cc1N. The molecule has 1 aromatic heterocycles. The minimum Gasteiger partial charge on any atom is -0.396 e. The van der Waals surface area contributed by atoms with Crippen LogP contribution in [0, 0.1) is 0 Å². The highest BCUT2D eigenvalue weighted by molar-refractivity contribution is 9.10. The van der Waals surface area contributed by atoms with Crippen LogP contribution in [-0.4, -0.2) is 4.98 Å². The fraction of sp³-hybridized carbons (Fsp3) is 0.154. The molecule has 0 amide bonds. The number of nitrogen functional groups attached to an aromatic ring is 1. The number of aromatic nitrogens is 1. The zero-order valence-electron chi connectivity index (χ0n) is 9.57. The molecule has 1 aromatic carbocycles. The zero-order chi connectivity index (χ0) is 12.3. The summed E-state index contributed by atoms with van der Waals surface area (Å²) in [4.78, 5) is 4.27. The number of hydrogen-bond donors (Lipinski definition) is 2. The molecule has 3 nitrogen and oxygen atoms in total. The number of anilines is 3. The Morgan fingerprint density at radius 2 is 2.12 bits per heavy atom. The summed E-state index contributed by atoms with van der Waals surface area (Å²) in [6.45, 7) is 2.12. The molecule has 2 aromatic rings. The smallest absolute Gasteiger partial charge is 0.153 e. The first-order valence-electron chi connectivity index (χ1n) is 5.46. The summed E-state index contributed by atoms with van der Waals surface area (Å²) in [5, 5.41) is 3.26. The Balaban J connectivity index is 2.31. The van der Waals surface area contributed by atoms with Crippen LogP contribution in [0.15, 0.2) is 41.0 Å². The van der Waals surface area contributed by atoms with Crippen molar-refractivity contribution >= 4 is 33.1 Å². The standard InChI is InChI=1S/C13H14BrN3/c1-2-9-5-3-4-6-12(9)17-13-11(15)7-10(14)8-16-13/h3-8H,2,15H2,1H3,(H,16,17). The van der Waals surface area contributed by atoms with Crippen molar-refractivity contribution in [2.24, 2.45) is 0 Å². The first-order valence-corrected chi connectivity index (χ1v) is 6.26. The average molecular weight is 292 g/mol. The van der Waals surface area contributed by atoms with Gasteiger partial charge in [0.25, 0.3) is 0 Å². The van der Waals surface area contributed by atoms with E-state index >= 15 is 0 Å². The van der Waals surface area contributed by atoms with Crippen molar-refractivity contribution in [3.63, 3.8) is 0 Å². The summed E-state index contributed by atoms with van der Waals surface area (Å²) in [5.74, 6) is 0.689. The van der Waals surface area contributed by atoms with Crippen LogP contribution in [0.1, 0.15) is 12.5 Å². The quantitative estimate of drug-likeness (QED) is 0.906. The lowest BCUT2D eigenvalue weighted by atomic mass is 10.1. The van der Waals surface area contributed by atoms with Gasteiger partial charge in [-0.1, -0.05) is 25.1 Å². The van der Waals surface area contributed by atoms with Crippen molar-refractivity contribution in [3.05, 3.63) is 46.6 Å². The van der Waals surface area contributed by atoms with Gasteiger partial charge in [-0.25, -0.2) is 4.98 Å². The number of nitrogens with one attached hydrogen (secondary N) is 1. The van der Waals surface area contributed by atoms with Gasteiger partial charge in [0.15, 0.2) is 5.82 Å². The van der Waals surface area contributed by atoms with Crippen molar-refractivity contribution in [1.29, 1.82) is 0 Å². The first-order chi connectivity index (χ1) is 8.20. The second-order valence-electron chi connectivity index (χ2n) is 3.73. The van der Waals surface area contributed by atoms with Crippen molar-refractivity contribution in [2.45, 2.75) is 13.3 Å². The van der Waals surface area contributed by atoms with Gasteiger partial charge < -0.3 is 11.1 Å². The normalized spacial score (nSPS) is 10.2. The zero-order valence-corrected chi connectivity index (χ0v) is 11.2. The largest absolute Gasteiger partial charge is 0.396 e. The maximum atomic E-state index is 5.91. The second-order valence-corrected chi connectivity index (χ2v) is 4.64. The lowest BCUT2D eigenvalue weighted by molar-refractivity contribution is 1.14. The number of hydrogen-bond acceptors (Lipinski definition) is 3. The Kier molecular flexibility index (Phi) is 3.64. The predicted octanol–water partition coefficient (Wildman–Crippen LogP) is 3.73. The van der Waals surface area contributed by atoms with Gasteiger partial charge in [0, 0.05) is 16.4 Å². The highest BCUT2D eigenvalue weighted by Crippen LogP contribution is 2.25. The Morgan fingerprint density at radius 3 is 2.82 bits per heavy atom. The van der Waals surface area contributed by atoms with Crippen molar-refractivity contribution in [1.82, 2.24) is 4.98 Å². The van der Waals surface area contributed by atoms with E-state index in [9.17, 15) is 0 Å².